The van der Waals surface area contributed by atoms with Crippen molar-refractivity contribution in [1.82, 2.24) is 0 Å². The zero-order valence-corrected chi connectivity index (χ0v) is 10.9. The van der Waals surface area contributed by atoms with Gasteiger partial charge in [0.25, 0.3) is 0 Å². The molecule has 86 valence electrons. The predicted molar refractivity (Wildman–Crippen MR) is 71.3 cm³/mol. The van der Waals surface area contributed by atoms with Crippen LogP contribution in [0.1, 0.15) is 15.9 Å². The van der Waals surface area contributed by atoms with Gasteiger partial charge >= 0.3 is 0 Å². The van der Waals surface area contributed by atoms with E-state index >= 15 is 0 Å². The van der Waals surface area contributed by atoms with E-state index in [0.29, 0.717) is 26.2 Å². The van der Waals surface area contributed by atoms with Crippen LogP contribution in [0.25, 0.3) is 0 Å². The molecule has 4 heteroatoms. The summed E-state index contributed by atoms with van der Waals surface area (Å²) in [5.41, 5.74) is 0.917. The Balaban J connectivity index is 2.44. The second-order valence-electron chi connectivity index (χ2n) is 3.46. The van der Waals surface area contributed by atoms with Crippen LogP contribution in [-0.4, -0.2) is 5.78 Å². The van der Waals surface area contributed by atoms with Gasteiger partial charge in [-0.05, 0) is 30.3 Å². The molecule has 0 spiro atoms. The van der Waals surface area contributed by atoms with Crippen molar-refractivity contribution in [2.24, 2.45) is 0 Å². The molecule has 0 radical (unpaired) electrons. The van der Waals surface area contributed by atoms with Gasteiger partial charge in [-0.3, -0.25) is 4.79 Å². The second-order valence-corrected chi connectivity index (χ2v) is 4.74. The van der Waals surface area contributed by atoms with Crippen molar-refractivity contribution in [2.75, 3.05) is 0 Å². The Morgan fingerprint density at radius 3 is 2.24 bits per heavy atom. The molecule has 0 aromatic heterocycles. The lowest BCUT2D eigenvalue weighted by Gasteiger charge is -2.04. The molecule has 0 heterocycles. The first kappa shape index (κ1) is 12.4. The van der Waals surface area contributed by atoms with E-state index in [2.05, 4.69) is 0 Å². The molecule has 0 aliphatic heterocycles. The van der Waals surface area contributed by atoms with E-state index in [0.717, 1.165) is 0 Å². The third-order valence-electron chi connectivity index (χ3n) is 2.26. The van der Waals surface area contributed by atoms with Crippen LogP contribution in [0.4, 0.5) is 0 Å². The number of carbonyl (C=O) groups is 1. The monoisotopic (exact) mass is 284 g/mol. The maximum absolute atomic E-state index is 12.1. The smallest absolute Gasteiger partial charge is 0.194 e. The Morgan fingerprint density at radius 2 is 1.59 bits per heavy atom. The predicted octanol–water partition coefficient (Wildman–Crippen LogP) is 4.88. The molecule has 0 atom stereocenters. The summed E-state index contributed by atoms with van der Waals surface area (Å²) in [6.45, 7) is 0. The lowest BCUT2D eigenvalue weighted by molar-refractivity contribution is 0.103. The topological polar surface area (TPSA) is 17.1 Å². The minimum Gasteiger partial charge on any atom is -0.289 e. The zero-order chi connectivity index (χ0) is 12.4. The van der Waals surface area contributed by atoms with E-state index in [1.54, 1.807) is 42.5 Å². The van der Waals surface area contributed by atoms with Crippen LogP contribution in [0, 0.1) is 0 Å². The van der Waals surface area contributed by atoms with Crippen molar-refractivity contribution >= 4 is 40.6 Å². The van der Waals surface area contributed by atoms with Gasteiger partial charge in [0.05, 0.1) is 5.02 Å². The molecule has 1 nitrogen and oxygen atoms in total. The van der Waals surface area contributed by atoms with Gasteiger partial charge < -0.3 is 0 Å². The number of halogens is 3. The highest BCUT2D eigenvalue weighted by Crippen LogP contribution is 2.24. The molecule has 0 amide bonds. The maximum Gasteiger partial charge on any atom is 0.194 e. The maximum atomic E-state index is 12.1. The highest BCUT2D eigenvalue weighted by atomic mass is 35.5. The molecule has 2 aromatic carbocycles. The molecule has 0 N–H and O–H groups in total. The summed E-state index contributed by atoms with van der Waals surface area (Å²) in [6, 6.07) is 11.5. The highest BCUT2D eigenvalue weighted by molar-refractivity contribution is 6.37. The first-order valence-electron chi connectivity index (χ1n) is 4.83. The van der Waals surface area contributed by atoms with Gasteiger partial charge in [-0.2, -0.15) is 0 Å². The van der Waals surface area contributed by atoms with Crippen LogP contribution >= 0.6 is 34.8 Å². The van der Waals surface area contributed by atoms with Crippen molar-refractivity contribution in [1.29, 1.82) is 0 Å². The van der Waals surface area contributed by atoms with Crippen LogP contribution in [-0.2, 0) is 0 Å². The summed E-state index contributed by atoms with van der Waals surface area (Å²) >= 11 is 17.6. The molecule has 0 unspecified atom stereocenters. The van der Waals surface area contributed by atoms with Crippen LogP contribution in [0.5, 0.6) is 0 Å². The third-order valence-corrected chi connectivity index (χ3v) is 3.05. The van der Waals surface area contributed by atoms with Gasteiger partial charge in [0.15, 0.2) is 5.78 Å². The molecule has 17 heavy (non-hydrogen) atoms. The molecule has 0 saturated carbocycles. The van der Waals surface area contributed by atoms with E-state index in [1.165, 1.54) is 0 Å². The highest BCUT2D eigenvalue weighted by Gasteiger charge is 2.13. The second kappa shape index (κ2) is 5.09. The average Bonchev–Trinajstić information content (AvgIpc) is 2.28. The van der Waals surface area contributed by atoms with Crippen LogP contribution in [0.2, 0.25) is 15.1 Å². The summed E-state index contributed by atoms with van der Waals surface area (Å²) in [6.07, 6.45) is 0. The van der Waals surface area contributed by atoms with Crippen LogP contribution in [0.3, 0.4) is 0 Å². The van der Waals surface area contributed by atoms with Gasteiger partial charge in [-0.1, -0.05) is 46.9 Å². The van der Waals surface area contributed by atoms with Crippen molar-refractivity contribution in [3.05, 3.63) is 68.7 Å². The van der Waals surface area contributed by atoms with Gasteiger partial charge in [0, 0.05) is 21.2 Å². The molecule has 0 fully saturated rings. The average molecular weight is 286 g/mol. The normalized spacial score (nSPS) is 10.3. The minimum absolute atomic E-state index is 0.172. The van der Waals surface area contributed by atoms with Crippen molar-refractivity contribution < 1.29 is 4.79 Å². The van der Waals surface area contributed by atoms with Gasteiger partial charge in [0.2, 0.25) is 0 Å². The standard InChI is InChI=1S/C13H7Cl3O/c14-9-3-1-2-8(6-9)13(17)11-5-4-10(15)7-12(11)16/h1-7H. The number of ketones is 1. The minimum atomic E-state index is -0.172. The Bertz CT molecular complexity index is 579. The quantitative estimate of drug-likeness (QED) is 0.719. The fourth-order valence-electron chi connectivity index (χ4n) is 1.46. The first-order valence-corrected chi connectivity index (χ1v) is 5.96. The lowest BCUT2D eigenvalue weighted by Crippen LogP contribution is -2.01. The van der Waals surface area contributed by atoms with Crippen molar-refractivity contribution in [3.8, 4) is 0 Å². The van der Waals surface area contributed by atoms with Crippen molar-refractivity contribution in [2.45, 2.75) is 0 Å². The molecular formula is C13H7Cl3O. The van der Waals surface area contributed by atoms with Gasteiger partial charge in [0.1, 0.15) is 0 Å². The van der Waals surface area contributed by atoms with E-state index in [9.17, 15) is 4.79 Å². The molecule has 2 aromatic rings. The van der Waals surface area contributed by atoms with E-state index < -0.39 is 0 Å². The molecule has 0 aliphatic rings. The van der Waals surface area contributed by atoms with E-state index in [4.69, 9.17) is 34.8 Å². The Morgan fingerprint density at radius 1 is 0.882 bits per heavy atom. The van der Waals surface area contributed by atoms with Crippen LogP contribution in [0.15, 0.2) is 42.5 Å². The Kier molecular flexibility index (Phi) is 3.72. The Hall–Kier alpha value is -1.02. The number of hydrogen-bond donors (Lipinski definition) is 0. The lowest BCUT2D eigenvalue weighted by atomic mass is 10.0. The van der Waals surface area contributed by atoms with E-state index in [-0.39, 0.29) is 5.78 Å². The third kappa shape index (κ3) is 2.81. The molecular weight excluding hydrogens is 279 g/mol. The first-order chi connectivity index (χ1) is 8.08. The summed E-state index contributed by atoms with van der Waals surface area (Å²) < 4.78 is 0. The largest absolute Gasteiger partial charge is 0.289 e. The van der Waals surface area contributed by atoms with Gasteiger partial charge in [-0.25, -0.2) is 0 Å². The van der Waals surface area contributed by atoms with Crippen LogP contribution < -0.4 is 0 Å². The number of rotatable bonds is 2. The summed E-state index contributed by atoms with van der Waals surface area (Å²) in [5, 5.41) is 1.35. The van der Waals surface area contributed by atoms with E-state index in [1.807, 2.05) is 0 Å². The zero-order valence-electron chi connectivity index (χ0n) is 8.58. The Labute approximate surface area is 114 Å². The molecule has 0 aliphatic carbocycles. The number of hydrogen-bond acceptors (Lipinski definition) is 1. The molecule has 2 rings (SSSR count). The number of benzene rings is 2. The molecule has 0 bridgehead atoms. The fraction of sp³-hybridized carbons (Fsp3) is 0. The fourth-order valence-corrected chi connectivity index (χ4v) is 2.14. The summed E-state index contributed by atoms with van der Waals surface area (Å²) in [5.74, 6) is -0.172. The molecule has 0 saturated heterocycles. The number of carbonyl (C=O) groups excluding carboxylic acids is 1. The van der Waals surface area contributed by atoms with Gasteiger partial charge in [-0.15, -0.1) is 0 Å². The summed E-state index contributed by atoms with van der Waals surface area (Å²) in [4.78, 5) is 12.1. The summed E-state index contributed by atoms with van der Waals surface area (Å²) in [7, 11) is 0. The van der Waals surface area contributed by atoms with Crippen molar-refractivity contribution in [3.63, 3.8) is 0 Å². The SMILES string of the molecule is O=C(c1cccc(Cl)c1)c1ccc(Cl)cc1Cl.